The first-order valence-corrected chi connectivity index (χ1v) is 8.66. The van der Waals surface area contributed by atoms with Crippen LogP contribution in [0.2, 0.25) is 5.02 Å². The minimum atomic E-state index is 0.408. The average molecular weight is 312 g/mol. The third-order valence-corrected chi connectivity index (χ3v) is 5.71. The molecule has 2 rings (SSSR count). The molecule has 0 radical (unpaired) electrons. The zero-order chi connectivity index (χ0) is 15.6. The number of nitrogens with zero attached hydrogens (tertiary/aromatic N) is 2. The molecular formula is C17H30ClN3. The van der Waals surface area contributed by atoms with Crippen LogP contribution in [-0.2, 0) is 13.5 Å². The molecule has 2 unspecified atom stereocenters. The number of hydrogen-bond acceptors (Lipinski definition) is 2. The largest absolute Gasteiger partial charge is 0.314 e. The van der Waals surface area contributed by atoms with Crippen molar-refractivity contribution in [2.24, 2.45) is 18.4 Å². The molecule has 1 aromatic rings. The zero-order valence-corrected chi connectivity index (χ0v) is 14.9. The van der Waals surface area contributed by atoms with Crippen molar-refractivity contribution in [3.8, 4) is 0 Å². The molecule has 2 atom stereocenters. The van der Waals surface area contributed by atoms with Crippen LogP contribution in [0.4, 0.5) is 0 Å². The Hall–Kier alpha value is -0.540. The molecule has 1 N–H and O–H groups in total. The first kappa shape index (κ1) is 16.8. The monoisotopic (exact) mass is 311 g/mol. The summed E-state index contributed by atoms with van der Waals surface area (Å²) in [7, 11) is 2.00. The summed E-state index contributed by atoms with van der Waals surface area (Å²) in [5, 5.41) is 9.02. The highest BCUT2D eigenvalue weighted by Gasteiger charge is 2.37. The summed E-state index contributed by atoms with van der Waals surface area (Å²) in [4.78, 5) is 0. The van der Waals surface area contributed by atoms with Crippen LogP contribution in [0.15, 0.2) is 0 Å². The van der Waals surface area contributed by atoms with Crippen molar-refractivity contribution in [3.05, 3.63) is 16.4 Å². The Bertz CT molecular complexity index is 479. The maximum Gasteiger partial charge on any atom is 0.0847 e. The van der Waals surface area contributed by atoms with Crippen LogP contribution in [0, 0.1) is 18.3 Å². The topological polar surface area (TPSA) is 29.9 Å². The zero-order valence-electron chi connectivity index (χ0n) is 14.2. The Morgan fingerprint density at radius 1 is 1.43 bits per heavy atom. The van der Waals surface area contributed by atoms with Gasteiger partial charge in [0.1, 0.15) is 0 Å². The van der Waals surface area contributed by atoms with Gasteiger partial charge < -0.3 is 5.32 Å². The lowest BCUT2D eigenvalue weighted by Gasteiger charge is -2.43. The maximum atomic E-state index is 6.46. The summed E-state index contributed by atoms with van der Waals surface area (Å²) in [6.45, 7) is 10.0. The van der Waals surface area contributed by atoms with Gasteiger partial charge in [0.2, 0.25) is 0 Å². The molecule has 1 saturated carbocycles. The van der Waals surface area contributed by atoms with E-state index in [-0.39, 0.29) is 0 Å². The van der Waals surface area contributed by atoms with Gasteiger partial charge in [0.05, 0.1) is 16.4 Å². The smallest absolute Gasteiger partial charge is 0.0847 e. The van der Waals surface area contributed by atoms with Gasteiger partial charge in [-0.25, -0.2) is 0 Å². The van der Waals surface area contributed by atoms with E-state index in [4.69, 9.17) is 11.6 Å². The second-order valence-electron chi connectivity index (χ2n) is 7.18. The summed E-state index contributed by atoms with van der Waals surface area (Å²) < 4.78 is 1.96. The van der Waals surface area contributed by atoms with Crippen molar-refractivity contribution in [1.29, 1.82) is 0 Å². The molecule has 1 heterocycles. The number of aromatic nitrogens is 2. The molecule has 3 nitrogen and oxygen atoms in total. The number of nitrogens with one attached hydrogen (secondary N) is 1. The number of aryl methyl sites for hydroxylation is 2. The number of likely N-dealkylation sites (N-methyl/N-ethyl adjacent to an activating group) is 1. The summed E-state index contributed by atoms with van der Waals surface area (Å²) in [6.07, 6.45) is 6.34. The van der Waals surface area contributed by atoms with E-state index in [2.05, 4.69) is 31.2 Å². The summed E-state index contributed by atoms with van der Waals surface area (Å²) in [5.41, 5.74) is 2.51. The third kappa shape index (κ3) is 3.62. The predicted octanol–water partition coefficient (Wildman–Crippen LogP) is 4.12. The fourth-order valence-electron chi connectivity index (χ4n) is 4.00. The van der Waals surface area contributed by atoms with Gasteiger partial charge in [-0.05, 0) is 37.6 Å². The van der Waals surface area contributed by atoms with E-state index < -0.39 is 0 Å². The fraction of sp³-hybridized carbons (Fsp3) is 0.824. The van der Waals surface area contributed by atoms with Crippen LogP contribution >= 0.6 is 11.6 Å². The molecule has 0 amide bonds. The standard InChI is InChI=1S/C17H30ClN3/c1-6-19-14(13-9-7-8-10-17(13,3)4)11-15-16(18)12(2)20-21(15)5/h13-14,19H,6-11H2,1-5H3. The van der Waals surface area contributed by atoms with E-state index in [0.717, 1.165) is 23.7 Å². The van der Waals surface area contributed by atoms with Gasteiger partial charge in [0.15, 0.2) is 0 Å². The van der Waals surface area contributed by atoms with E-state index in [0.29, 0.717) is 17.4 Å². The lowest BCUT2D eigenvalue weighted by atomic mass is 9.65. The van der Waals surface area contributed by atoms with Gasteiger partial charge in [-0.2, -0.15) is 5.10 Å². The van der Waals surface area contributed by atoms with Crippen molar-refractivity contribution in [2.45, 2.75) is 65.8 Å². The average Bonchev–Trinajstić information content (AvgIpc) is 2.64. The number of rotatable bonds is 5. The SMILES string of the molecule is CCNC(Cc1c(Cl)c(C)nn1C)C1CCCCC1(C)C. The quantitative estimate of drug-likeness (QED) is 0.886. The Morgan fingerprint density at radius 3 is 2.67 bits per heavy atom. The number of halogens is 1. The van der Waals surface area contributed by atoms with Crippen molar-refractivity contribution in [1.82, 2.24) is 15.1 Å². The van der Waals surface area contributed by atoms with Gasteiger partial charge in [-0.15, -0.1) is 0 Å². The molecular weight excluding hydrogens is 282 g/mol. The molecule has 4 heteroatoms. The summed E-state index contributed by atoms with van der Waals surface area (Å²) >= 11 is 6.46. The Kier molecular flexibility index (Phi) is 5.37. The predicted molar refractivity (Wildman–Crippen MR) is 89.9 cm³/mol. The van der Waals surface area contributed by atoms with Crippen LogP contribution in [-0.4, -0.2) is 22.4 Å². The summed E-state index contributed by atoms with van der Waals surface area (Å²) in [6, 6.07) is 0.484. The van der Waals surface area contributed by atoms with Gasteiger partial charge >= 0.3 is 0 Å². The number of hydrogen-bond donors (Lipinski definition) is 1. The Morgan fingerprint density at radius 2 is 2.14 bits per heavy atom. The third-order valence-electron chi connectivity index (χ3n) is 5.22. The van der Waals surface area contributed by atoms with Crippen LogP contribution < -0.4 is 5.32 Å². The highest BCUT2D eigenvalue weighted by Crippen LogP contribution is 2.43. The highest BCUT2D eigenvalue weighted by molar-refractivity contribution is 6.31. The van der Waals surface area contributed by atoms with Crippen molar-refractivity contribution >= 4 is 11.6 Å². The van der Waals surface area contributed by atoms with Gasteiger partial charge in [0, 0.05) is 19.5 Å². The van der Waals surface area contributed by atoms with Crippen LogP contribution in [0.3, 0.4) is 0 Å². The molecule has 0 saturated heterocycles. The first-order chi connectivity index (χ1) is 9.86. The normalized spacial score (nSPS) is 23.2. The maximum absolute atomic E-state index is 6.46. The minimum absolute atomic E-state index is 0.408. The molecule has 1 aliphatic carbocycles. The van der Waals surface area contributed by atoms with Crippen molar-refractivity contribution in [3.63, 3.8) is 0 Å². The molecule has 1 fully saturated rings. The van der Waals surface area contributed by atoms with Gasteiger partial charge in [0.25, 0.3) is 0 Å². The van der Waals surface area contributed by atoms with Gasteiger partial charge in [-0.3, -0.25) is 4.68 Å². The fourth-order valence-corrected chi connectivity index (χ4v) is 4.23. The van der Waals surface area contributed by atoms with E-state index in [9.17, 15) is 0 Å². The Balaban J connectivity index is 2.22. The van der Waals surface area contributed by atoms with Crippen LogP contribution in [0.25, 0.3) is 0 Å². The molecule has 0 spiro atoms. The van der Waals surface area contributed by atoms with E-state index in [1.54, 1.807) is 0 Å². The molecule has 1 aliphatic rings. The molecule has 1 aromatic heterocycles. The minimum Gasteiger partial charge on any atom is -0.314 e. The second-order valence-corrected chi connectivity index (χ2v) is 7.56. The molecule has 0 aliphatic heterocycles. The Labute approximate surface area is 134 Å². The molecule has 0 aromatic carbocycles. The van der Waals surface area contributed by atoms with Crippen LogP contribution in [0.5, 0.6) is 0 Å². The molecule has 0 bridgehead atoms. The second kappa shape index (κ2) is 6.70. The van der Waals surface area contributed by atoms with Crippen molar-refractivity contribution < 1.29 is 0 Å². The van der Waals surface area contributed by atoms with Crippen LogP contribution in [0.1, 0.15) is 57.8 Å². The highest BCUT2D eigenvalue weighted by atomic mass is 35.5. The van der Waals surface area contributed by atoms with E-state index in [1.807, 2.05) is 18.7 Å². The van der Waals surface area contributed by atoms with E-state index in [1.165, 1.54) is 31.4 Å². The van der Waals surface area contributed by atoms with Gasteiger partial charge in [-0.1, -0.05) is 45.2 Å². The summed E-state index contributed by atoms with van der Waals surface area (Å²) in [5.74, 6) is 0.706. The van der Waals surface area contributed by atoms with Crippen molar-refractivity contribution in [2.75, 3.05) is 6.54 Å². The lowest BCUT2D eigenvalue weighted by Crippen LogP contribution is -2.46. The first-order valence-electron chi connectivity index (χ1n) is 8.28. The molecule has 120 valence electrons. The lowest BCUT2D eigenvalue weighted by molar-refractivity contribution is 0.0980. The van der Waals surface area contributed by atoms with E-state index >= 15 is 0 Å². The molecule has 21 heavy (non-hydrogen) atoms.